The monoisotopic (exact) mass is 452 g/mol. The quantitative estimate of drug-likeness (QED) is 0.536. The Morgan fingerprint density at radius 3 is 2.28 bits per heavy atom. The van der Waals surface area contributed by atoms with Crippen LogP contribution in [0.15, 0.2) is 30.3 Å². The van der Waals surface area contributed by atoms with Gasteiger partial charge in [-0.15, -0.1) is 0 Å². The number of Topliss-reactive ketones (excluding diaryl/α,β-unsaturated/α-hetero) is 1. The van der Waals surface area contributed by atoms with Gasteiger partial charge < -0.3 is 34.0 Å². The van der Waals surface area contributed by atoms with E-state index in [2.05, 4.69) is 0 Å². The molecule has 1 saturated heterocycles. The zero-order valence-electron chi connectivity index (χ0n) is 18.9. The van der Waals surface area contributed by atoms with Crippen LogP contribution in [-0.4, -0.2) is 65.2 Å². The fourth-order valence-corrected chi connectivity index (χ4v) is 2.97. The van der Waals surface area contributed by atoms with Crippen LogP contribution in [0, 0.1) is 5.41 Å². The van der Waals surface area contributed by atoms with Gasteiger partial charge in [0.05, 0.1) is 18.4 Å². The van der Waals surface area contributed by atoms with E-state index in [4.69, 9.17) is 18.9 Å². The summed E-state index contributed by atoms with van der Waals surface area (Å²) in [7, 11) is 0. The van der Waals surface area contributed by atoms with Crippen LogP contribution in [-0.2, 0) is 39.9 Å². The number of carbonyl (C=O) groups is 3. The number of hydrogen-bond donors (Lipinski definition) is 2. The van der Waals surface area contributed by atoms with E-state index in [1.165, 1.54) is 6.92 Å². The van der Waals surface area contributed by atoms with Gasteiger partial charge in [0.25, 0.3) is 0 Å². The molecule has 178 valence electrons. The molecule has 5 atom stereocenters. The van der Waals surface area contributed by atoms with E-state index in [0.29, 0.717) is 0 Å². The Kier molecular flexibility index (Phi) is 9.33. The Hall–Kier alpha value is -2.33. The van der Waals surface area contributed by atoms with E-state index in [1.807, 2.05) is 30.3 Å². The van der Waals surface area contributed by atoms with Crippen LogP contribution in [0.1, 0.15) is 46.1 Å². The summed E-state index contributed by atoms with van der Waals surface area (Å²) in [6.45, 7) is 6.09. The highest BCUT2D eigenvalue weighted by Crippen LogP contribution is 2.28. The van der Waals surface area contributed by atoms with Gasteiger partial charge in [-0.2, -0.15) is 0 Å². The molecule has 2 rings (SSSR count). The third-order valence-corrected chi connectivity index (χ3v) is 4.87. The molecule has 32 heavy (non-hydrogen) atoms. The number of ether oxygens (including phenoxy) is 4. The van der Waals surface area contributed by atoms with Gasteiger partial charge in [-0.05, 0) is 33.3 Å². The summed E-state index contributed by atoms with van der Waals surface area (Å²) in [5, 5.41) is 21.2. The second-order valence-electron chi connectivity index (χ2n) is 8.82. The molecule has 1 heterocycles. The molecule has 0 spiro atoms. The second kappa shape index (κ2) is 11.5. The predicted molar refractivity (Wildman–Crippen MR) is 112 cm³/mol. The van der Waals surface area contributed by atoms with Crippen LogP contribution < -0.4 is 0 Å². The van der Waals surface area contributed by atoms with Gasteiger partial charge in [0.2, 0.25) is 0 Å². The van der Waals surface area contributed by atoms with Crippen LogP contribution in [0.2, 0.25) is 0 Å². The van der Waals surface area contributed by atoms with E-state index in [9.17, 15) is 24.6 Å². The molecule has 9 nitrogen and oxygen atoms in total. The van der Waals surface area contributed by atoms with Crippen LogP contribution >= 0.6 is 0 Å². The molecule has 1 fully saturated rings. The number of aliphatic hydroxyl groups is 2. The van der Waals surface area contributed by atoms with Gasteiger partial charge in [0.15, 0.2) is 12.4 Å². The average Bonchev–Trinajstić information content (AvgIpc) is 2.72. The standard InChI is InChI=1S/C23H32O9/c1-14(24)10-11-17(25)29-13-16-19(30-12-15-8-6-5-7-9-15)18(26)20(21(27)31-16)32-22(28)23(2,3)4/h5-9,16,18-21,26-27H,10-13H2,1-4H3/t16-,18+,19-,20-,21?/m1/s1. The Morgan fingerprint density at radius 2 is 1.69 bits per heavy atom. The summed E-state index contributed by atoms with van der Waals surface area (Å²) in [5.41, 5.74) is -0.0330. The maximum atomic E-state index is 12.3. The van der Waals surface area contributed by atoms with Crippen molar-refractivity contribution in [1.29, 1.82) is 0 Å². The molecule has 0 amide bonds. The average molecular weight is 453 g/mol. The lowest BCUT2D eigenvalue weighted by atomic mass is 9.95. The van der Waals surface area contributed by atoms with Gasteiger partial charge in [0, 0.05) is 6.42 Å². The summed E-state index contributed by atoms with van der Waals surface area (Å²) in [5.74, 6) is -1.38. The smallest absolute Gasteiger partial charge is 0.311 e. The maximum absolute atomic E-state index is 12.3. The molecule has 2 N–H and O–H groups in total. The highest BCUT2D eigenvalue weighted by atomic mass is 16.7. The van der Waals surface area contributed by atoms with Crippen molar-refractivity contribution < 1.29 is 43.5 Å². The third kappa shape index (κ3) is 7.67. The SMILES string of the molecule is CC(=O)CCC(=O)OC[C@H]1OC(O)[C@H](OC(=O)C(C)(C)C)[C@@H](O)[C@@H]1OCc1ccccc1. The predicted octanol–water partition coefficient (Wildman–Crippen LogP) is 1.52. The fraction of sp³-hybridized carbons (Fsp3) is 0.609. The van der Waals surface area contributed by atoms with Crippen molar-refractivity contribution in [3.05, 3.63) is 35.9 Å². The highest BCUT2D eigenvalue weighted by Gasteiger charge is 2.48. The normalized spacial score (nSPS) is 25.8. The minimum Gasteiger partial charge on any atom is -0.463 e. The Labute approximate surface area is 187 Å². The molecule has 9 heteroatoms. The zero-order valence-corrected chi connectivity index (χ0v) is 18.9. The van der Waals surface area contributed by atoms with Crippen LogP contribution in [0.4, 0.5) is 0 Å². The minimum atomic E-state index is -1.64. The molecular weight excluding hydrogens is 420 g/mol. The van der Waals surface area contributed by atoms with Crippen molar-refractivity contribution in [2.75, 3.05) is 6.61 Å². The van der Waals surface area contributed by atoms with Gasteiger partial charge in [0.1, 0.15) is 30.7 Å². The Morgan fingerprint density at radius 1 is 1.03 bits per heavy atom. The van der Waals surface area contributed by atoms with Crippen molar-refractivity contribution in [1.82, 2.24) is 0 Å². The summed E-state index contributed by atoms with van der Waals surface area (Å²) in [6, 6.07) is 9.18. The first-order valence-corrected chi connectivity index (χ1v) is 10.5. The summed E-state index contributed by atoms with van der Waals surface area (Å²) >= 11 is 0. The van der Waals surface area contributed by atoms with Crippen molar-refractivity contribution >= 4 is 17.7 Å². The highest BCUT2D eigenvalue weighted by molar-refractivity contribution is 5.81. The number of ketones is 1. The molecule has 0 radical (unpaired) electrons. The molecule has 0 aromatic heterocycles. The third-order valence-electron chi connectivity index (χ3n) is 4.87. The molecular formula is C23H32O9. The van der Waals surface area contributed by atoms with Crippen LogP contribution in [0.25, 0.3) is 0 Å². The number of aliphatic hydroxyl groups excluding tert-OH is 2. The van der Waals surface area contributed by atoms with Crippen LogP contribution in [0.3, 0.4) is 0 Å². The topological polar surface area (TPSA) is 129 Å². The first kappa shape index (κ1) is 25.9. The van der Waals surface area contributed by atoms with Gasteiger partial charge in [-0.25, -0.2) is 0 Å². The number of rotatable bonds is 9. The zero-order chi connectivity index (χ0) is 23.9. The molecule has 0 saturated carbocycles. The Balaban J connectivity index is 2.11. The molecule has 1 aliphatic rings. The minimum absolute atomic E-state index is 0.0500. The summed E-state index contributed by atoms with van der Waals surface area (Å²) in [6.07, 6.45) is -6.58. The van der Waals surface area contributed by atoms with Crippen molar-refractivity contribution in [2.24, 2.45) is 5.41 Å². The van der Waals surface area contributed by atoms with Crippen molar-refractivity contribution in [2.45, 2.75) is 77.8 Å². The number of hydrogen-bond acceptors (Lipinski definition) is 9. The molecule has 1 aromatic rings. The van der Waals surface area contributed by atoms with E-state index in [-0.39, 0.29) is 31.8 Å². The first-order valence-electron chi connectivity index (χ1n) is 10.5. The Bertz CT molecular complexity index is 771. The lowest BCUT2D eigenvalue weighted by Crippen LogP contribution is -2.61. The van der Waals surface area contributed by atoms with E-state index < -0.39 is 48.1 Å². The molecule has 1 unspecified atom stereocenters. The number of carbonyl (C=O) groups excluding carboxylic acids is 3. The first-order chi connectivity index (χ1) is 15.0. The number of benzene rings is 1. The second-order valence-corrected chi connectivity index (χ2v) is 8.82. The summed E-state index contributed by atoms with van der Waals surface area (Å²) < 4.78 is 21.8. The van der Waals surface area contributed by atoms with Crippen molar-refractivity contribution in [3.63, 3.8) is 0 Å². The lowest BCUT2D eigenvalue weighted by Gasteiger charge is -2.42. The maximum Gasteiger partial charge on any atom is 0.311 e. The largest absolute Gasteiger partial charge is 0.463 e. The van der Waals surface area contributed by atoms with E-state index in [1.54, 1.807) is 20.8 Å². The lowest BCUT2D eigenvalue weighted by molar-refractivity contribution is -0.301. The molecule has 1 aromatic carbocycles. The fourth-order valence-electron chi connectivity index (χ4n) is 2.97. The van der Waals surface area contributed by atoms with E-state index >= 15 is 0 Å². The van der Waals surface area contributed by atoms with Crippen molar-refractivity contribution in [3.8, 4) is 0 Å². The van der Waals surface area contributed by atoms with E-state index in [0.717, 1.165) is 5.56 Å². The van der Waals surface area contributed by atoms with Gasteiger partial charge in [-0.1, -0.05) is 30.3 Å². The van der Waals surface area contributed by atoms with Gasteiger partial charge in [-0.3, -0.25) is 9.59 Å². The van der Waals surface area contributed by atoms with Crippen LogP contribution in [0.5, 0.6) is 0 Å². The molecule has 0 bridgehead atoms. The number of esters is 2. The summed E-state index contributed by atoms with van der Waals surface area (Å²) in [4.78, 5) is 35.2. The molecule has 1 aliphatic heterocycles. The molecule has 0 aliphatic carbocycles. The van der Waals surface area contributed by atoms with Gasteiger partial charge >= 0.3 is 11.9 Å².